The molecule has 0 atom stereocenters. The van der Waals surface area contributed by atoms with Crippen LogP contribution in [0.25, 0.3) is 5.41 Å². The van der Waals surface area contributed by atoms with Crippen LogP contribution >= 0.6 is 0 Å². The van der Waals surface area contributed by atoms with Gasteiger partial charge in [0.2, 0.25) is 5.95 Å². The van der Waals surface area contributed by atoms with Gasteiger partial charge in [-0.25, -0.2) is 4.98 Å². The summed E-state index contributed by atoms with van der Waals surface area (Å²) in [4.78, 5) is 24.2. The van der Waals surface area contributed by atoms with Crippen LogP contribution in [0, 0.1) is 0 Å². The van der Waals surface area contributed by atoms with Gasteiger partial charge >= 0.3 is 0 Å². The van der Waals surface area contributed by atoms with Crippen LogP contribution in [-0.4, -0.2) is 74.5 Å². The second-order valence-corrected chi connectivity index (χ2v) is 9.97. The zero-order valence-electron chi connectivity index (χ0n) is 21.9. The van der Waals surface area contributed by atoms with E-state index in [1.807, 2.05) is 12.1 Å². The van der Waals surface area contributed by atoms with Crippen molar-refractivity contribution >= 4 is 29.2 Å². The summed E-state index contributed by atoms with van der Waals surface area (Å²) in [6, 6.07) is 12.5. The molecule has 5 rings (SSSR count). The molecule has 11 heteroatoms. The number of hydrogen-bond donors (Lipinski definition) is 5. The minimum Gasteiger partial charge on any atom is -0.803 e. The van der Waals surface area contributed by atoms with Crippen molar-refractivity contribution in [2.45, 2.75) is 38.0 Å². The molecule has 1 amide bonds. The summed E-state index contributed by atoms with van der Waals surface area (Å²) in [6.07, 6.45) is 7.23. The number of hydrogen-bond acceptors (Lipinski definition) is 8. The second kappa shape index (κ2) is 12.5. The zero-order valence-corrected chi connectivity index (χ0v) is 21.9. The van der Waals surface area contributed by atoms with Crippen LogP contribution in [0.15, 0.2) is 54.3 Å². The van der Waals surface area contributed by atoms with E-state index in [4.69, 9.17) is 0 Å². The minimum absolute atomic E-state index is 0.0510. The number of amides is 1. The van der Waals surface area contributed by atoms with Gasteiger partial charge in [0.15, 0.2) is 5.82 Å². The van der Waals surface area contributed by atoms with Gasteiger partial charge in [-0.1, -0.05) is 36.8 Å². The number of carbonyl (C=O) groups excluding carboxylic acids is 1. The van der Waals surface area contributed by atoms with Gasteiger partial charge in [0.05, 0.1) is 6.54 Å². The quantitative estimate of drug-likeness (QED) is 0.175. The first-order valence-electron chi connectivity index (χ1n) is 13.5. The Morgan fingerprint density at radius 2 is 1.90 bits per heavy atom. The van der Waals surface area contributed by atoms with E-state index in [0.717, 1.165) is 38.2 Å². The molecule has 3 aromatic rings. The van der Waals surface area contributed by atoms with Gasteiger partial charge in [-0.15, -0.1) is 5.71 Å². The standard InChI is InChI=1S/C28H34N9O2/c29-22(19-7-3-1-4-8-19)15-21(38)18-31-28-32-24(27(39)30-11-14-37-12-5-2-6-13-37)17-25(34-28)33-26-16-23(35-36-26)20-9-10-20/h1,3-4,7-8,15-17,20,38H,2,5-6,9-14,18H2,(H,30,39)(H3,31,32,33,34,35,36)/q-1/b21-15-. The third-order valence-electron chi connectivity index (χ3n) is 6.79. The lowest BCUT2D eigenvalue weighted by atomic mass is 10.1. The van der Waals surface area contributed by atoms with E-state index in [9.17, 15) is 15.3 Å². The maximum absolute atomic E-state index is 13.0. The number of H-pyrrole nitrogens is 1. The molecule has 204 valence electrons. The van der Waals surface area contributed by atoms with E-state index in [1.54, 1.807) is 30.3 Å². The highest BCUT2D eigenvalue weighted by atomic mass is 16.3. The fourth-order valence-electron chi connectivity index (χ4n) is 4.51. The number of nitrogens with zero attached hydrogens (tertiary/aromatic N) is 5. The Balaban J connectivity index is 1.26. The number of aliphatic hydroxyl groups excluding tert-OH is 1. The van der Waals surface area contributed by atoms with Gasteiger partial charge in [-0.2, -0.15) is 10.1 Å². The molecule has 5 N–H and O–H groups in total. The Morgan fingerprint density at radius 1 is 1.10 bits per heavy atom. The third kappa shape index (κ3) is 7.64. The first-order chi connectivity index (χ1) is 19.0. The molecule has 11 nitrogen and oxygen atoms in total. The topological polar surface area (TPSA) is 153 Å². The summed E-state index contributed by atoms with van der Waals surface area (Å²) in [5.41, 5.74) is 1.78. The van der Waals surface area contributed by atoms with Gasteiger partial charge in [-0.05, 0) is 50.4 Å². The molecule has 1 aliphatic carbocycles. The summed E-state index contributed by atoms with van der Waals surface area (Å²) in [5.74, 6) is 1.24. The number of anilines is 3. The maximum atomic E-state index is 13.0. The third-order valence-corrected chi connectivity index (χ3v) is 6.79. The lowest BCUT2D eigenvalue weighted by molar-refractivity contribution is 0.0941. The van der Waals surface area contributed by atoms with Crippen molar-refractivity contribution in [3.63, 3.8) is 0 Å². The molecule has 1 aromatic carbocycles. The summed E-state index contributed by atoms with van der Waals surface area (Å²) in [6.45, 7) is 3.39. The number of aromatic nitrogens is 4. The summed E-state index contributed by atoms with van der Waals surface area (Å²) < 4.78 is 0. The number of carbonyl (C=O) groups is 1. The molecule has 3 heterocycles. The zero-order chi connectivity index (χ0) is 27.0. The molecule has 2 aromatic heterocycles. The number of rotatable bonds is 12. The van der Waals surface area contributed by atoms with E-state index in [1.165, 1.54) is 25.3 Å². The lowest BCUT2D eigenvalue weighted by Gasteiger charge is -2.26. The number of aromatic amines is 1. The number of aliphatic hydroxyl groups is 1. The molecule has 0 bridgehead atoms. The van der Waals surface area contributed by atoms with Crippen molar-refractivity contribution in [2.75, 3.05) is 43.4 Å². The molecule has 2 aliphatic rings. The Morgan fingerprint density at radius 3 is 2.67 bits per heavy atom. The van der Waals surface area contributed by atoms with E-state index >= 15 is 0 Å². The highest BCUT2D eigenvalue weighted by Crippen LogP contribution is 2.39. The van der Waals surface area contributed by atoms with Crippen molar-refractivity contribution in [3.05, 3.63) is 76.7 Å². The van der Waals surface area contributed by atoms with E-state index in [2.05, 4.69) is 41.0 Å². The number of piperidine rings is 1. The number of likely N-dealkylation sites (tertiary alicyclic amines) is 1. The lowest BCUT2D eigenvalue weighted by Crippen LogP contribution is -2.37. The van der Waals surface area contributed by atoms with Crippen LogP contribution in [0.5, 0.6) is 0 Å². The van der Waals surface area contributed by atoms with Crippen LogP contribution in [0.3, 0.4) is 0 Å². The van der Waals surface area contributed by atoms with E-state index < -0.39 is 0 Å². The molecule has 2 fully saturated rings. The number of allylic oxidation sites excluding steroid dienone is 1. The molecule has 0 unspecified atom stereocenters. The maximum Gasteiger partial charge on any atom is 0.270 e. The van der Waals surface area contributed by atoms with Crippen molar-refractivity contribution < 1.29 is 9.90 Å². The summed E-state index contributed by atoms with van der Waals surface area (Å²) in [5, 5.41) is 37.1. The van der Waals surface area contributed by atoms with Crippen LogP contribution in [0.4, 0.5) is 17.6 Å². The molecular formula is C28H34N9O2-. The van der Waals surface area contributed by atoms with Gasteiger partial charge in [-0.3, -0.25) is 9.89 Å². The Labute approximate surface area is 227 Å². The highest BCUT2D eigenvalue weighted by Gasteiger charge is 2.25. The molecule has 0 spiro atoms. The van der Waals surface area contributed by atoms with Crippen LogP contribution in [0.2, 0.25) is 0 Å². The molecule has 1 saturated carbocycles. The van der Waals surface area contributed by atoms with Gasteiger partial charge in [0.25, 0.3) is 5.91 Å². The summed E-state index contributed by atoms with van der Waals surface area (Å²) in [7, 11) is 0. The fourth-order valence-corrected chi connectivity index (χ4v) is 4.51. The Bertz CT molecular complexity index is 1310. The van der Waals surface area contributed by atoms with Crippen LogP contribution in [-0.2, 0) is 0 Å². The molecule has 0 radical (unpaired) electrons. The average molecular weight is 529 g/mol. The van der Waals surface area contributed by atoms with E-state index in [-0.39, 0.29) is 35.6 Å². The highest BCUT2D eigenvalue weighted by molar-refractivity contribution is 6.11. The van der Waals surface area contributed by atoms with Crippen LogP contribution in [0.1, 0.15) is 59.8 Å². The predicted molar refractivity (Wildman–Crippen MR) is 152 cm³/mol. The molecule has 1 saturated heterocycles. The minimum atomic E-state index is -0.309. The van der Waals surface area contributed by atoms with Gasteiger partial charge in [0, 0.05) is 36.8 Å². The number of benzene rings is 1. The van der Waals surface area contributed by atoms with Crippen molar-refractivity contribution in [2.24, 2.45) is 0 Å². The van der Waals surface area contributed by atoms with Gasteiger partial charge < -0.3 is 31.4 Å². The average Bonchev–Trinajstić information content (AvgIpc) is 3.71. The monoisotopic (exact) mass is 528 g/mol. The first kappa shape index (κ1) is 26.4. The first-order valence-corrected chi connectivity index (χ1v) is 13.5. The number of nitrogens with one attached hydrogen (secondary N) is 4. The van der Waals surface area contributed by atoms with Crippen molar-refractivity contribution in [3.8, 4) is 0 Å². The largest absolute Gasteiger partial charge is 0.803 e. The van der Waals surface area contributed by atoms with Crippen LogP contribution < -0.4 is 16.0 Å². The normalized spacial score (nSPS) is 16.1. The van der Waals surface area contributed by atoms with E-state index in [0.29, 0.717) is 29.7 Å². The Hall–Kier alpha value is -4.25. The SMILES string of the molecule is [N-]=C(/C=C(\O)CNc1nc(Nc2cc(C3CC3)[nH]n2)cc(C(=O)NCCN2CCCCC2)n1)c1ccccc1. The van der Waals surface area contributed by atoms with Gasteiger partial charge in [0.1, 0.15) is 17.3 Å². The molecule has 39 heavy (non-hydrogen) atoms. The Kier molecular flexibility index (Phi) is 8.47. The second-order valence-electron chi connectivity index (χ2n) is 9.97. The van der Waals surface area contributed by atoms with Crippen molar-refractivity contribution in [1.29, 1.82) is 0 Å². The molecule has 1 aliphatic heterocycles. The summed E-state index contributed by atoms with van der Waals surface area (Å²) >= 11 is 0. The van der Waals surface area contributed by atoms with Crippen molar-refractivity contribution in [1.82, 2.24) is 30.4 Å². The smallest absolute Gasteiger partial charge is 0.270 e. The molecular weight excluding hydrogens is 494 g/mol. The predicted octanol–water partition coefficient (Wildman–Crippen LogP) is 3.95. The fraction of sp³-hybridized carbons (Fsp3) is 0.393.